The Morgan fingerprint density at radius 2 is 0.500 bits per heavy atom. The Balaban J connectivity index is 4.32. The summed E-state index contributed by atoms with van der Waals surface area (Å²) in [6.07, 6.45) is 73.2. The summed E-state index contributed by atoms with van der Waals surface area (Å²) in [5.41, 5.74) is 0. The molecule has 0 radical (unpaired) electrons. The number of esters is 3. The molecule has 0 bridgehead atoms. The summed E-state index contributed by atoms with van der Waals surface area (Å²) < 4.78 is 17.0. The van der Waals surface area contributed by atoms with E-state index in [2.05, 4.69) is 45.1 Å². The van der Waals surface area contributed by atoms with Gasteiger partial charge in [-0.2, -0.15) is 0 Å². The number of carbonyl (C=O) groups excluding carboxylic acids is 3. The first kappa shape index (κ1) is 69.9. The van der Waals surface area contributed by atoms with Crippen LogP contribution in [0.25, 0.3) is 0 Å². The lowest BCUT2D eigenvalue weighted by Crippen LogP contribution is -2.30. The molecule has 0 N–H and O–H groups in total. The SMILES string of the molecule is CCCCCC/C=C\C/C=C\CCCCCCCCCC(=O)OC(COC(=O)CCCCCCCCCCCCCCCCCCC)COC(=O)CCCCCCCCCCCCCCCCCCCCC. The Morgan fingerprint density at radius 1 is 0.278 bits per heavy atom. The predicted octanol–water partition coefficient (Wildman–Crippen LogP) is 21.8. The van der Waals surface area contributed by atoms with Crippen molar-refractivity contribution in [3.8, 4) is 0 Å². The third-order valence-electron chi connectivity index (χ3n) is 14.7. The molecule has 6 nitrogen and oxygen atoms in total. The van der Waals surface area contributed by atoms with E-state index in [-0.39, 0.29) is 31.1 Å². The number of unbranched alkanes of at least 4 members (excludes halogenated alkanes) is 45. The van der Waals surface area contributed by atoms with Gasteiger partial charge in [0.05, 0.1) is 0 Å². The molecule has 0 amide bonds. The van der Waals surface area contributed by atoms with E-state index >= 15 is 0 Å². The molecule has 424 valence electrons. The summed E-state index contributed by atoms with van der Waals surface area (Å²) in [5.74, 6) is -0.846. The Morgan fingerprint density at radius 3 is 0.778 bits per heavy atom. The number of rotatable bonds is 60. The van der Waals surface area contributed by atoms with Gasteiger partial charge >= 0.3 is 17.9 Å². The van der Waals surface area contributed by atoms with Crippen LogP contribution in [-0.2, 0) is 28.6 Å². The van der Waals surface area contributed by atoms with Gasteiger partial charge in [0.15, 0.2) is 6.10 Å². The van der Waals surface area contributed by atoms with Crippen LogP contribution in [0.5, 0.6) is 0 Å². The molecular weight excluding hydrogens is 889 g/mol. The minimum atomic E-state index is -0.772. The normalized spacial score (nSPS) is 12.1. The molecule has 0 aromatic rings. The monoisotopic (exact) mass is 1010 g/mol. The molecule has 0 aliphatic heterocycles. The molecule has 6 heteroatoms. The Labute approximate surface area is 449 Å². The van der Waals surface area contributed by atoms with Crippen LogP contribution in [0.15, 0.2) is 24.3 Å². The quantitative estimate of drug-likeness (QED) is 0.0261. The molecule has 72 heavy (non-hydrogen) atoms. The third kappa shape index (κ3) is 58.8. The van der Waals surface area contributed by atoms with Gasteiger partial charge < -0.3 is 14.2 Å². The highest BCUT2D eigenvalue weighted by atomic mass is 16.6. The number of allylic oxidation sites excluding steroid dienone is 4. The van der Waals surface area contributed by atoms with Crippen molar-refractivity contribution in [2.45, 2.75) is 367 Å². The molecule has 0 saturated heterocycles. The number of hydrogen-bond acceptors (Lipinski definition) is 6. The molecule has 0 aromatic carbocycles. The second-order valence-electron chi connectivity index (χ2n) is 22.0. The van der Waals surface area contributed by atoms with Crippen molar-refractivity contribution in [3.05, 3.63) is 24.3 Å². The van der Waals surface area contributed by atoms with Gasteiger partial charge in [-0.3, -0.25) is 14.4 Å². The highest BCUT2D eigenvalue weighted by Crippen LogP contribution is 2.18. The number of ether oxygens (including phenoxy) is 3. The summed E-state index contributed by atoms with van der Waals surface area (Å²) in [4.78, 5) is 38.3. The van der Waals surface area contributed by atoms with Crippen molar-refractivity contribution in [2.24, 2.45) is 0 Å². The fourth-order valence-corrected chi connectivity index (χ4v) is 9.83. The summed E-state index contributed by atoms with van der Waals surface area (Å²) in [6.45, 7) is 6.69. The van der Waals surface area contributed by atoms with Crippen molar-refractivity contribution >= 4 is 17.9 Å². The predicted molar refractivity (Wildman–Crippen MR) is 312 cm³/mol. The number of carbonyl (C=O) groups is 3. The van der Waals surface area contributed by atoms with E-state index in [4.69, 9.17) is 14.2 Å². The van der Waals surface area contributed by atoms with Crippen LogP contribution in [0, 0.1) is 0 Å². The molecule has 1 atom stereocenters. The lowest BCUT2D eigenvalue weighted by atomic mass is 10.0. The Hall–Kier alpha value is -2.11. The van der Waals surface area contributed by atoms with E-state index in [0.717, 1.165) is 70.6 Å². The van der Waals surface area contributed by atoms with Crippen LogP contribution < -0.4 is 0 Å². The zero-order valence-electron chi connectivity index (χ0n) is 48.7. The van der Waals surface area contributed by atoms with Crippen LogP contribution in [-0.4, -0.2) is 37.2 Å². The smallest absolute Gasteiger partial charge is 0.306 e. The largest absolute Gasteiger partial charge is 0.462 e. The number of hydrogen-bond donors (Lipinski definition) is 0. The molecule has 0 heterocycles. The summed E-state index contributed by atoms with van der Waals surface area (Å²) in [7, 11) is 0. The standard InChI is InChI=1S/C66H124O6/c1-4-7-10-13-16-19-22-25-28-31-33-36-38-41-44-47-50-53-56-59-65(68)71-62-63(61-70-64(67)58-55-52-49-46-43-40-37-34-30-27-24-21-18-15-12-9-6-3)72-66(69)60-57-54-51-48-45-42-39-35-32-29-26-23-20-17-14-11-8-5-2/h20,23,29,32,63H,4-19,21-22,24-28,30-31,33-62H2,1-3H3/b23-20-,32-29-. The third-order valence-corrected chi connectivity index (χ3v) is 14.7. The van der Waals surface area contributed by atoms with Gasteiger partial charge in [-0.1, -0.05) is 315 Å². The zero-order valence-corrected chi connectivity index (χ0v) is 48.7. The molecule has 0 spiro atoms. The van der Waals surface area contributed by atoms with Crippen molar-refractivity contribution in [3.63, 3.8) is 0 Å². The first-order chi connectivity index (χ1) is 35.5. The summed E-state index contributed by atoms with van der Waals surface area (Å²) in [6, 6.07) is 0. The molecule has 0 aliphatic rings. The first-order valence-corrected chi connectivity index (χ1v) is 32.3. The van der Waals surface area contributed by atoms with Gasteiger partial charge in [-0.05, 0) is 51.4 Å². The van der Waals surface area contributed by atoms with E-state index in [1.54, 1.807) is 0 Å². The van der Waals surface area contributed by atoms with Gasteiger partial charge in [0, 0.05) is 19.3 Å². The average molecular weight is 1010 g/mol. The van der Waals surface area contributed by atoms with Gasteiger partial charge in [-0.15, -0.1) is 0 Å². The highest BCUT2D eigenvalue weighted by Gasteiger charge is 2.19. The van der Waals surface area contributed by atoms with E-state index in [9.17, 15) is 14.4 Å². The second-order valence-corrected chi connectivity index (χ2v) is 22.0. The van der Waals surface area contributed by atoms with E-state index in [0.29, 0.717) is 19.3 Å². The minimum absolute atomic E-state index is 0.0683. The maximum Gasteiger partial charge on any atom is 0.306 e. The maximum absolute atomic E-state index is 12.9. The van der Waals surface area contributed by atoms with Gasteiger partial charge in [-0.25, -0.2) is 0 Å². The van der Waals surface area contributed by atoms with Crippen LogP contribution in [0.4, 0.5) is 0 Å². The van der Waals surface area contributed by atoms with Crippen LogP contribution >= 0.6 is 0 Å². The van der Waals surface area contributed by atoms with Crippen molar-refractivity contribution in [2.75, 3.05) is 13.2 Å². The Kier molecular flexibility index (Phi) is 59.6. The average Bonchev–Trinajstić information content (AvgIpc) is 3.38. The van der Waals surface area contributed by atoms with Gasteiger partial charge in [0.25, 0.3) is 0 Å². The van der Waals surface area contributed by atoms with Crippen molar-refractivity contribution in [1.82, 2.24) is 0 Å². The van der Waals surface area contributed by atoms with E-state index in [1.807, 2.05) is 0 Å². The summed E-state index contributed by atoms with van der Waals surface area (Å²) in [5, 5.41) is 0. The molecule has 1 unspecified atom stereocenters. The van der Waals surface area contributed by atoms with E-state index < -0.39 is 6.10 Å². The zero-order chi connectivity index (χ0) is 52.2. The lowest BCUT2D eigenvalue weighted by Gasteiger charge is -2.18. The van der Waals surface area contributed by atoms with Gasteiger partial charge in [0.1, 0.15) is 13.2 Å². The second kappa shape index (κ2) is 61.4. The lowest BCUT2D eigenvalue weighted by molar-refractivity contribution is -0.167. The Bertz CT molecular complexity index is 1160. The maximum atomic E-state index is 12.9. The topological polar surface area (TPSA) is 78.9 Å². The molecule has 0 saturated carbocycles. The van der Waals surface area contributed by atoms with E-state index in [1.165, 1.54) is 250 Å². The minimum Gasteiger partial charge on any atom is -0.462 e. The highest BCUT2D eigenvalue weighted by molar-refractivity contribution is 5.71. The van der Waals surface area contributed by atoms with Crippen LogP contribution in [0.2, 0.25) is 0 Å². The van der Waals surface area contributed by atoms with Crippen LogP contribution in [0.1, 0.15) is 361 Å². The summed E-state index contributed by atoms with van der Waals surface area (Å²) >= 11 is 0. The first-order valence-electron chi connectivity index (χ1n) is 32.3. The molecule has 0 aromatic heterocycles. The molecule has 0 rings (SSSR count). The fourth-order valence-electron chi connectivity index (χ4n) is 9.83. The fraction of sp³-hybridized carbons (Fsp3) is 0.894. The molecular formula is C66H124O6. The molecule has 0 fully saturated rings. The van der Waals surface area contributed by atoms with Crippen molar-refractivity contribution in [1.29, 1.82) is 0 Å². The van der Waals surface area contributed by atoms with Gasteiger partial charge in [0.2, 0.25) is 0 Å². The van der Waals surface area contributed by atoms with Crippen LogP contribution in [0.3, 0.4) is 0 Å². The molecule has 0 aliphatic carbocycles. The van der Waals surface area contributed by atoms with Crippen molar-refractivity contribution < 1.29 is 28.6 Å².